The molecule has 3 fully saturated rings. The van der Waals surface area contributed by atoms with Gasteiger partial charge in [-0.3, -0.25) is 4.79 Å². The van der Waals surface area contributed by atoms with E-state index in [1.807, 2.05) is 6.92 Å². The topological polar surface area (TPSA) is 37.3 Å². The van der Waals surface area contributed by atoms with E-state index in [2.05, 4.69) is 13.0 Å². The van der Waals surface area contributed by atoms with Crippen LogP contribution in [0.25, 0.3) is 0 Å². The van der Waals surface area contributed by atoms with Crippen molar-refractivity contribution < 1.29 is 14.3 Å². The van der Waals surface area contributed by atoms with Crippen molar-refractivity contribution in [2.45, 2.75) is 71.1 Å². The molecule has 4 aliphatic rings. The molecule has 0 aliphatic heterocycles. The highest BCUT2D eigenvalue weighted by Gasteiger charge is 2.63. The average Bonchev–Trinajstić information content (AvgIpc) is 2.70. The summed E-state index contributed by atoms with van der Waals surface area (Å²) in [7, 11) is 0. The molecule has 0 saturated heterocycles. The second-order valence-electron chi connectivity index (χ2n) is 8.64. The van der Waals surface area contributed by atoms with Gasteiger partial charge in [-0.2, -0.15) is 0 Å². The second-order valence-corrected chi connectivity index (χ2v) is 8.64. The van der Waals surface area contributed by atoms with Gasteiger partial charge in [-0.25, -0.2) is 4.39 Å². The van der Waals surface area contributed by atoms with Gasteiger partial charge in [0.15, 0.2) is 12.0 Å². The van der Waals surface area contributed by atoms with Crippen LogP contribution in [0.15, 0.2) is 11.6 Å². The number of carbonyl (C=O) groups excluding carboxylic acids is 1. The number of fused-ring (bicyclic) bond motifs is 5. The van der Waals surface area contributed by atoms with Crippen LogP contribution in [0.1, 0.15) is 58.8 Å². The second kappa shape index (κ2) is 4.66. The molecule has 0 radical (unpaired) electrons. The minimum Gasteiger partial charge on any atom is -0.393 e. The Labute approximate surface area is 132 Å². The van der Waals surface area contributed by atoms with Crippen molar-refractivity contribution >= 4 is 5.78 Å². The van der Waals surface area contributed by atoms with E-state index >= 15 is 0 Å². The Morgan fingerprint density at radius 3 is 2.82 bits per heavy atom. The third-order valence-corrected chi connectivity index (χ3v) is 7.65. The molecule has 2 nitrogen and oxygen atoms in total. The maximum absolute atomic E-state index is 14.1. The molecule has 0 bridgehead atoms. The first kappa shape index (κ1) is 14.9. The van der Waals surface area contributed by atoms with Crippen molar-refractivity contribution in [2.75, 3.05) is 0 Å². The lowest BCUT2D eigenvalue weighted by molar-refractivity contribution is -0.145. The van der Waals surface area contributed by atoms with Crippen molar-refractivity contribution in [3.05, 3.63) is 11.6 Å². The van der Waals surface area contributed by atoms with E-state index in [1.165, 1.54) is 18.4 Å². The molecule has 122 valence electrons. The zero-order chi connectivity index (χ0) is 15.7. The number of alkyl halides is 1. The molecule has 4 aliphatic carbocycles. The van der Waals surface area contributed by atoms with Gasteiger partial charge in [0.25, 0.3) is 0 Å². The van der Waals surface area contributed by atoms with E-state index in [-0.39, 0.29) is 29.0 Å². The number of allylic oxidation sites excluding steroid dienone is 2. The van der Waals surface area contributed by atoms with E-state index in [9.17, 15) is 14.3 Å². The summed E-state index contributed by atoms with van der Waals surface area (Å²) in [5.41, 5.74) is 0.944. The number of carbonyl (C=O) groups is 1. The molecule has 7 atom stereocenters. The van der Waals surface area contributed by atoms with Gasteiger partial charge in [-0.05, 0) is 61.7 Å². The molecule has 0 aromatic heterocycles. The lowest BCUT2D eigenvalue weighted by Gasteiger charge is -2.58. The zero-order valence-electron chi connectivity index (χ0n) is 13.6. The fraction of sp³-hybridized carbons (Fsp3) is 0.842. The van der Waals surface area contributed by atoms with E-state index in [0.29, 0.717) is 12.8 Å². The molecule has 3 heteroatoms. The summed E-state index contributed by atoms with van der Waals surface area (Å²) >= 11 is 0. The maximum atomic E-state index is 14.1. The van der Waals surface area contributed by atoms with Crippen molar-refractivity contribution in [2.24, 2.45) is 28.6 Å². The summed E-state index contributed by atoms with van der Waals surface area (Å²) in [6, 6.07) is 0. The zero-order valence-corrected chi connectivity index (χ0v) is 13.6. The van der Waals surface area contributed by atoms with Crippen LogP contribution in [0.2, 0.25) is 0 Å². The molecule has 0 spiro atoms. The summed E-state index contributed by atoms with van der Waals surface area (Å²) < 4.78 is 14.1. The quantitative estimate of drug-likeness (QED) is 0.691. The van der Waals surface area contributed by atoms with Crippen molar-refractivity contribution in [1.29, 1.82) is 0 Å². The van der Waals surface area contributed by atoms with Gasteiger partial charge in [0, 0.05) is 5.41 Å². The van der Waals surface area contributed by atoms with Gasteiger partial charge < -0.3 is 5.11 Å². The number of hydrogen-bond acceptors (Lipinski definition) is 2. The molecular formula is C19H27FO2. The van der Waals surface area contributed by atoms with Crippen LogP contribution in [0.3, 0.4) is 0 Å². The molecule has 1 N–H and O–H groups in total. The van der Waals surface area contributed by atoms with Crippen molar-refractivity contribution in [3.63, 3.8) is 0 Å². The third-order valence-electron chi connectivity index (χ3n) is 7.65. The van der Waals surface area contributed by atoms with Gasteiger partial charge in [-0.1, -0.05) is 31.9 Å². The number of ketones is 1. The molecule has 0 aromatic rings. The Hall–Kier alpha value is -0.700. The standard InChI is InChI=1S/C19H27FO2/c1-18-8-4-3-5-11(18)6-7-12-13-9-14(20)17(22)19(13,2)10-15(21)16(12)18/h6,12-16,21H,3-5,7-10H2,1-2H3/t12-,13-,14+,15+,16+,18-,19-/m0/s1. The monoisotopic (exact) mass is 306 g/mol. The van der Waals surface area contributed by atoms with Crippen LogP contribution in [0, 0.1) is 28.6 Å². The van der Waals surface area contributed by atoms with E-state index in [4.69, 9.17) is 0 Å². The highest BCUT2D eigenvalue weighted by atomic mass is 19.1. The Morgan fingerprint density at radius 1 is 1.27 bits per heavy atom. The Kier molecular flexibility index (Phi) is 3.15. The fourth-order valence-electron chi connectivity index (χ4n) is 6.58. The van der Waals surface area contributed by atoms with Crippen LogP contribution in [0.4, 0.5) is 4.39 Å². The molecule has 0 aromatic carbocycles. The summed E-state index contributed by atoms with van der Waals surface area (Å²) in [6.07, 6.45) is 7.10. The number of halogens is 1. The number of rotatable bonds is 0. The van der Waals surface area contributed by atoms with E-state index < -0.39 is 17.7 Å². The number of hydrogen-bond donors (Lipinski definition) is 1. The van der Waals surface area contributed by atoms with Gasteiger partial charge in [-0.15, -0.1) is 0 Å². The molecule has 4 rings (SSSR count). The maximum Gasteiger partial charge on any atom is 0.173 e. The number of aliphatic hydroxyl groups excluding tert-OH is 1. The highest BCUT2D eigenvalue weighted by Crippen LogP contribution is 2.64. The van der Waals surface area contributed by atoms with Gasteiger partial charge in [0.05, 0.1) is 6.10 Å². The molecular weight excluding hydrogens is 279 g/mol. The van der Waals surface area contributed by atoms with Gasteiger partial charge in [0.1, 0.15) is 0 Å². The first-order chi connectivity index (χ1) is 10.4. The summed E-state index contributed by atoms with van der Waals surface area (Å²) in [6.45, 7) is 4.21. The summed E-state index contributed by atoms with van der Waals surface area (Å²) in [4.78, 5) is 12.3. The fourth-order valence-corrected chi connectivity index (χ4v) is 6.58. The normalized spacial score (nSPS) is 54.3. The van der Waals surface area contributed by atoms with Crippen molar-refractivity contribution in [1.82, 2.24) is 0 Å². The smallest absolute Gasteiger partial charge is 0.173 e. The minimum absolute atomic E-state index is 0.0688. The van der Waals surface area contributed by atoms with Crippen LogP contribution >= 0.6 is 0 Å². The third kappa shape index (κ3) is 1.72. The largest absolute Gasteiger partial charge is 0.393 e. The molecule has 3 saturated carbocycles. The molecule has 0 amide bonds. The number of Topliss-reactive ketones (excluding diaryl/α,β-unsaturated/α-hetero) is 1. The Balaban J connectivity index is 1.76. The lowest BCUT2D eigenvalue weighted by atomic mass is 9.47. The SMILES string of the molecule is C[C@]12CCCCC1=CC[C@@H]1[C@@H]2[C@H](O)C[C@]2(C)C(=O)[C@H](F)C[C@@H]12. The highest BCUT2D eigenvalue weighted by molar-refractivity contribution is 5.91. The van der Waals surface area contributed by atoms with E-state index in [0.717, 1.165) is 19.3 Å². The Morgan fingerprint density at radius 2 is 2.05 bits per heavy atom. The van der Waals surface area contributed by atoms with Crippen LogP contribution in [0.5, 0.6) is 0 Å². The molecule has 0 unspecified atom stereocenters. The summed E-state index contributed by atoms with van der Waals surface area (Å²) in [5, 5.41) is 10.9. The van der Waals surface area contributed by atoms with Crippen LogP contribution < -0.4 is 0 Å². The van der Waals surface area contributed by atoms with Gasteiger partial charge in [0.2, 0.25) is 0 Å². The van der Waals surface area contributed by atoms with Crippen LogP contribution in [-0.4, -0.2) is 23.2 Å². The van der Waals surface area contributed by atoms with Gasteiger partial charge >= 0.3 is 0 Å². The predicted octanol–water partition coefficient (Wildman–Crippen LogP) is 3.83. The van der Waals surface area contributed by atoms with Crippen LogP contribution in [-0.2, 0) is 4.79 Å². The Bertz CT molecular complexity index is 542. The average molecular weight is 306 g/mol. The summed E-state index contributed by atoms with van der Waals surface area (Å²) in [5.74, 6) is 0.341. The number of aliphatic hydroxyl groups is 1. The molecule has 22 heavy (non-hydrogen) atoms. The predicted molar refractivity (Wildman–Crippen MR) is 83.0 cm³/mol. The molecule has 0 heterocycles. The van der Waals surface area contributed by atoms with Crippen molar-refractivity contribution in [3.8, 4) is 0 Å². The minimum atomic E-state index is -1.31. The van der Waals surface area contributed by atoms with E-state index in [1.54, 1.807) is 0 Å². The first-order valence-corrected chi connectivity index (χ1v) is 8.94. The lowest BCUT2D eigenvalue weighted by Crippen LogP contribution is -2.55. The first-order valence-electron chi connectivity index (χ1n) is 8.94.